The molecule has 2 aromatic carbocycles. The topological polar surface area (TPSA) is 101 Å². The highest BCUT2D eigenvalue weighted by molar-refractivity contribution is 6.38. The number of benzene rings is 2. The second-order valence-corrected chi connectivity index (χ2v) is 10.0. The Kier molecular flexibility index (Phi) is 5.79. The number of halogens is 1. The molecule has 7 rings (SSSR count). The third-order valence-electron chi connectivity index (χ3n) is 7.32. The first-order valence-corrected chi connectivity index (χ1v) is 13.3. The Morgan fingerprint density at radius 1 is 0.974 bits per heavy atom. The molecule has 0 atom stereocenters. The van der Waals surface area contributed by atoms with E-state index in [9.17, 15) is 0 Å². The molecule has 4 aromatic heterocycles. The van der Waals surface area contributed by atoms with E-state index in [1.807, 2.05) is 22.6 Å². The van der Waals surface area contributed by atoms with Crippen LogP contribution in [-0.4, -0.2) is 67.2 Å². The SMILES string of the molecule is CCN1CCN(c2ccc(Nc3ncc4cc(-c5ccc6oc(C)nc6c5Cl)c5nncn5c4n3)cc2)CC1. The number of hydrogen-bond acceptors (Lipinski definition) is 9. The fourth-order valence-electron chi connectivity index (χ4n) is 5.22. The van der Waals surface area contributed by atoms with Crippen LogP contribution < -0.4 is 10.2 Å². The maximum atomic E-state index is 6.77. The minimum atomic E-state index is 0.493. The number of aryl methyl sites for hydroxylation is 1. The average Bonchev–Trinajstić information content (AvgIpc) is 3.61. The largest absolute Gasteiger partial charge is 0.441 e. The van der Waals surface area contributed by atoms with Crippen LogP contribution in [0.5, 0.6) is 0 Å². The molecule has 0 unspecified atom stereocenters. The van der Waals surface area contributed by atoms with Crippen LogP contribution in [0.3, 0.4) is 0 Å². The van der Waals surface area contributed by atoms with E-state index in [0.717, 1.165) is 54.9 Å². The van der Waals surface area contributed by atoms with E-state index in [-0.39, 0.29) is 0 Å². The van der Waals surface area contributed by atoms with Gasteiger partial charge in [-0.3, -0.25) is 4.40 Å². The zero-order chi connectivity index (χ0) is 26.5. The molecule has 196 valence electrons. The lowest BCUT2D eigenvalue weighted by Gasteiger charge is -2.35. The van der Waals surface area contributed by atoms with E-state index in [2.05, 4.69) is 66.5 Å². The number of pyridine rings is 1. The summed E-state index contributed by atoms with van der Waals surface area (Å²) in [6, 6.07) is 14.2. The van der Waals surface area contributed by atoms with Crippen LogP contribution in [0, 0.1) is 6.92 Å². The van der Waals surface area contributed by atoms with Crippen molar-refractivity contribution in [3.63, 3.8) is 0 Å². The van der Waals surface area contributed by atoms with Crippen molar-refractivity contribution >= 4 is 56.7 Å². The van der Waals surface area contributed by atoms with Gasteiger partial charge in [0.25, 0.3) is 0 Å². The third kappa shape index (κ3) is 4.21. The fourth-order valence-corrected chi connectivity index (χ4v) is 5.52. The molecular weight excluding hydrogens is 514 g/mol. The molecule has 0 saturated carbocycles. The number of likely N-dealkylation sites (N-methyl/N-ethyl adjacent to an activating group) is 1. The lowest BCUT2D eigenvalue weighted by molar-refractivity contribution is 0.271. The Balaban J connectivity index is 1.19. The summed E-state index contributed by atoms with van der Waals surface area (Å²) in [5.74, 6) is 1.06. The van der Waals surface area contributed by atoms with Crippen LogP contribution in [0.4, 0.5) is 17.3 Å². The Labute approximate surface area is 229 Å². The first-order valence-electron chi connectivity index (χ1n) is 13.0. The zero-order valence-corrected chi connectivity index (χ0v) is 22.4. The van der Waals surface area contributed by atoms with Gasteiger partial charge < -0.3 is 19.5 Å². The van der Waals surface area contributed by atoms with Gasteiger partial charge in [-0.25, -0.2) is 9.97 Å². The van der Waals surface area contributed by atoms with Gasteiger partial charge in [-0.1, -0.05) is 18.5 Å². The lowest BCUT2D eigenvalue weighted by atomic mass is 10.0. The molecule has 6 aromatic rings. The van der Waals surface area contributed by atoms with Crippen molar-refractivity contribution in [3.8, 4) is 11.1 Å². The van der Waals surface area contributed by atoms with Crippen molar-refractivity contribution in [1.29, 1.82) is 0 Å². The van der Waals surface area contributed by atoms with Crippen LogP contribution in [0.15, 0.2) is 59.4 Å². The molecule has 10 nitrogen and oxygen atoms in total. The minimum absolute atomic E-state index is 0.493. The molecule has 1 fully saturated rings. The first kappa shape index (κ1) is 23.8. The van der Waals surface area contributed by atoms with E-state index >= 15 is 0 Å². The van der Waals surface area contributed by atoms with E-state index in [4.69, 9.17) is 21.0 Å². The number of nitrogens with zero attached hydrogens (tertiary/aromatic N) is 8. The normalized spacial score (nSPS) is 14.6. The lowest BCUT2D eigenvalue weighted by Crippen LogP contribution is -2.46. The van der Waals surface area contributed by atoms with Crippen LogP contribution in [0.2, 0.25) is 5.02 Å². The second kappa shape index (κ2) is 9.48. The molecule has 1 aliphatic heterocycles. The van der Waals surface area contributed by atoms with Gasteiger partial charge in [-0.15, -0.1) is 10.2 Å². The molecule has 1 aliphatic rings. The first-order chi connectivity index (χ1) is 19.1. The predicted octanol–water partition coefficient (Wildman–Crippen LogP) is 5.33. The maximum Gasteiger partial charge on any atom is 0.229 e. The molecule has 39 heavy (non-hydrogen) atoms. The summed E-state index contributed by atoms with van der Waals surface area (Å²) in [7, 11) is 0. The molecule has 0 spiro atoms. The quantitative estimate of drug-likeness (QED) is 0.311. The van der Waals surface area contributed by atoms with Gasteiger partial charge in [0.15, 0.2) is 22.8 Å². The standard InChI is InChI=1S/C28H26ClN9O/c1-3-36-10-12-37(13-11-36)20-6-4-19(5-7-20)33-28-30-15-18-14-22(27-35-31-16-38(27)26(18)34-28)21-8-9-23-25(24(21)29)32-17(2)39-23/h4-9,14-16H,3,10-13H2,1-2H3,(H,30,33,34). The van der Waals surface area contributed by atoms with Crippen molar-refractivity contribution < 1.29 is 4.42 Å². The van der Waals surface area contributed by atoms with Gasteiger partial charge in [-0.05, 0) is 49.0 Å². The van der Waals surface area contributed by atoms with Crippen molar-refractivity contribution in [2.75, 3.05) is 42.9 Å². The highest BCUT2D eigenvalue weighted by Gasteiger charge is 2.19. The molecule has 11 heteroatoms. The smallest absolute Gasteiger partial charge is 0.229 e. The highest BCUT2D eigenvalue weighted by Crippen LogP contribution is 2.37. The molecule has 1 saturated heterocycles. The number of hydrogen-bond donors (Lipinski definition) is 1. The van der Waals surface area contributed by atoms with Gasteiger partial charge in [0, 0.05) is 67.2 Å². The summed E-state index contributed by atoms with van der Waals surface area (Å²) in [5.41, 5.74) is 6.34. The zero-order valence-electron chi connectivity index (χ0n) is 21.6. The van der Waals surface area contributed by atoms with Gasteiger partial charge in [-0.2, -0.15) is 4.98 Å². The average molecular weight is 540 g/mol. The van der Waals surface area contributed by atoms with Gasteiger partial charge in [0.2, 0.25) is 5.95 Å². The van der Waals surface area contributed by atoms with E-state index in [1.54, 1.807) is 19.4 Å². The molecule has 0 radical (unpaired) electrons. The van der Waals surface area contributed by atoms with Crippen LogP contribution in [0.1, 0.15) is 12.8 Å². The van der Waals surface area contributed by atoms with Gasteiger partial charge >= 0.3 is 0 Å². The van der Waals surface area contributed by atoms with Crippen molar-refractivity contribution in [1.82, 2.24) is 34.4 Å². The summed E-state index contributed by atoms with van der Waals surface area (Å²) in [5, 5.41) is 13.2. The molecule has 0 aliphatic carbocycles. The van der Waals surface area contributed by atoms with Crippen molar-refractivity contribution in [3.05, 3.63) is 65.9 Å². The number of anilines is 3. The van der Waals surface area contributed by atoms with Crippen molar-refractivity contribution in [2.45, 2.75) is 13.8 Å². The minimum Gasteiger partial charge on any atom is -0.441 e. The number of fused-ring (bicyclic) bond motifs is 4. The Hall–Kier alpha value is -4.28. The number of aromatic nitrogens is 6. The van der Waals surface area contributed by atoms with Gasteiger partial charge in [0.1, 0.15) is 11.8 Å². The summed E-state index contributed by atoms with van der Waals surface area (Å²) >= 11 is 6.77. The summed E-state index contributed by atoms with van der Waals surface area (Å²) in [6.07, 6.45) is 3.44. The summed E-state index contributed by atoms with van der Waals surface area (Å²) in [4.78, 5) is 18.7. The maximum absolute atomic E-state index is 6.77. The van der Waals surface area contributed by atoms with E-state index in [1.165, 1.54) is 5.69 Å². The molecule has 5 heterocycles. The molecule has 0 bridgehead atoms. The van der Waals surface area contributed by atoms with Crippen LogP contribution >= 0.6 is 11.6 Å². The monoisotopic (exact) mass is 539 g/mol. The van der Waals surface area contributed by atoms with Crippen LogP contribution in [0.25, 0.3) is 38.9 Å². The van der Waals surface area contributed by atoms with Gasteiger partial charge in [0.05, 0.1) is 5.02 Å². The van der Waals surface area contributed by atoms with Crippen LogP contribution in [-0.2, 0) is 0 Å². The van der Waals surface area contributed by atoms with E-state index < -0.39 is 0 Å². The predicted molar refractivity (Wildman–Crippen MR) is 153 cm³/mol. The third-order valence-corrected chi connectivity index (χ3v) is 7.70. The van der Waals surface area contributed by atoms with E-state index in [0.29, 0.717) is 39.3 Å². The Morgan fingerprint density at radius 2 is 1.79 bits per heavy atom. The number of oxazole rings is 1. The molecular formula is C28H26ClN9O. The number of nitrogens with one attached hydrogen (secondary N) is 1. The second-order valence-electron chi connectivity index (χ2n) is 9.66. The summed E-state index contributed by atoms with van der Waals surface area (Å²) in [6.45, 7) is 9.41. The van der Waals surface area contributed by atoms with Crippen molar-refractivity contribution in [2.24, 2.45) is 0 Å². The highest BCUT2D eigenvalue weighted by atomic mass is 35.5. The summed E-state index contributed by atoms with van der Waals surface area (Å²) < 4.78 is 7.48. The number of piperazine rings is 1. The number of rotatable bonds is 5. The molecule has 1 N–H and O–H groups in total. The fraction of sp³-hybridized carbons (Fsp3) is 0.250. The Morgan fingerprint density at radius 3 is 2.59 bits per heavy atom. The molecule has 0 amide bonds. The Bertz CT molecular complexity index is 1820.